The lowest BCUT2D eigenvalue weighted by Gasteiger charge is -2.13. The van der Waals surface area contributed by atoms with Gasteiger partial charge >= 0.3 is 0 Å². The fraction of sp³-hybridized carbons (Fsp3) is 0.400. The Balaban J connectivity index is 2.14. The minimum Gasteiger partial charge on any atom is -0.383 e. The summed E-state index contributed by atoms with van der Waals surface area (Å²) in [6.07, 6.45) is 2.54. The maximum atomic E-state index is 4.99. The maximum Gasteiger partial charge on any atom is 0.249 e. The zero-order chi connectivity index (χ0) is 15.1. The molecule has 0 saturated heterocycles. The van der Waals surface area contributed by atoms with Crippen molar-refractivity contribution in [2.75, 3.05) is 30.9 Å². The van der Waals surface area contributed by atoms with E-state index in [-0.39, 0.29) is 0 Å². The first-order chi connectivity index (χ1) is 10.2. The number of anilines is 3. The van der Waals surface area contributed by atoms with Gasteiger partial charge in [0.1, 0.15) is 0 Å². The van der Waals surface area contributed by atoms with Gasteiger partial charge in [0, 0.05) is 19.3 Å². The molecule has 0 atom stereocenters. The first-order valence-corrected chi connectivity index (χ1v) is 7.02. The fourth-order valence-electron chi connectivity index (χ4n) is 2.04. The summed E-state index contributed by atoms with van der Waals surface area (Å²) in [7, 11) is 1.66. The molecule has 112 valence electrons. The molecule has 2 rings (SSSR count). The van der Waals surface area contributed by atoms with Crippen LogP contribution in [0.3, 0.4) is 0 Å². The Morgan fingerprint density at radius 2 is 2.14 bits per heavy atom. The van der Waals surface area contributed by atoms with Crippen LogP contribution in [0.1, 0.15) is 18.1 Å². The van der Waals surface area contributed by atoms with Gasteiger partial charge in [0.15, 0.2) is 5.82 Å². The summed E-state index contributed by atoms with van der Waals surface area (Å²) in [5.41, 5.74) is 3.45. The number of benzene rings is 1. The van der Waals surface area contributed by atoms with Crippen LogP contribution in [-0.2, 0) is 11.2 Å². The lowest BCUT2D eigenvalue weighted by Crippen LogP contribution is -2.11. The molecule has 1 heterocycles. The van der Waals surface area contributed by atoms with Crippen LogP contribution in [0.4, 0.5) is 17.5 Å². The van der Waals surface area contributed by atoms with Gasteiger partial charge in [0.05, 0.1) is 12.8 Å². The van der Waals surface area contributed by atoms with Gasteiger partial charge < -0.3 is 15.4 Å². The second-order valence-electron chi connectivity index (χ2n) is 4.67. The predicted octanol–water partition coefficient (Wildman–Crippen LogP) is 2.54. The Morgan fingerprint density at radius 1 is 1.29 bits per heavy atom. The van der Waals surface area contributed by atoms with Crippen LogP contribution < -0.4 is 10.6 Å². The highest BCUT2D eigenvalue weighted by molar-refractivity contribution is 5.63. The third-order valence-corrected chi connectivity index (χ3v) is 3.15. The quantitative estimate of drug-likeness (QED) is 0.763. The van der Waals surface area contributed by atoms with Crippen molar-refractivity contribution in [2.45, 2.75) is 20.3 Å². The third-order valence-electron chi connectivity index (χ3n) is 3.15. The van der Waals surface area contributed by atoms with E-state index in [2.05, 4.69) is 57.9 Å². The first-order valence-electron chi connectivity index (χ1n) is 7.02. The summed E-state index contributed by atoms with van der Waals surface area (Å²) in [5, 5.41) is 14.4. The van der Waals surface area contributed by atoms with E-state index in [0.29, 0.717) is 24.9 Å². The lowest BCUT2D eigenvalue weighted by atomic mass is 10.1. The molecule has 0 spiro atoms. The Bertz CT molecular complexity index is 588. The Labute approximate surface area is 125 Å². The molecule has 6 nitrogen and oxygen atoms in total. The van der Waals surface area contributed by atoms with Crippen molar-refractivity contribution >= 4 is 17.5 Å². The molecule has 21 heavy (non-hydrogen) atoms. The molecular weight excluding hydrogens is 266 g/mol. The van der Waals surface area contributed by atoms with Crippen molar-refractivity contribution in [1.29, 1.82) is 0 Å². The first kappa shape index (κ1) is 15.2. The Hall–Kier alpha value is -2.21. The number of hydrogen-bond donors (Lipinski definition) is 2. The topological polar surface area (TPSA) is 72.0 Å². The normalized spacial score (nSPS) is 10.4. The molecule has 1 aromatic carbocycles. The largest absolute Gasteiger partial charge is 0.383 e. The molecule has 2 N–H and O–H groups in total. The van der Waals surface area contributed by atoms with Gasteiger partial charge in [-0.2, -0.15) is 10.1 Å². The van der Waals surface area contributed by atoms with E-state index in [0.717, 1.165) is 17.7 Å². The second kappa shape index (κ2) is 7.54. The molecule has 0 aliphatic rings. The number of hydrogen-bond acceptors (Lipinski definition) is 6. The highest BCUT2D eigenvalue weighted by atomic mass is 16.5. The molecule has 0 saturated carbocycles. The molecular formula is C15H21N5O. The number of para-hydroxylation sites is 1. The van der Waals surface area contributed by atoms with Crippen molar-refractivity contribution < 1.29 is 4.74 Å². The second-order valence-corrected chi connectivity index (χ2v) is 4.67. The van der Waals surface area contributed by atoms with Gasteiger partial charge in [-0.1, -0.05) is 25.1 Å². The molecule has 6 heteroatoms. The van der Waals surface area contributed by atoms with E-state index in [1.165, 1.54) is 5.56 Å². The standard InChI is InChI=1S/C15H21N5O/c1-4-12-7-5-6-11(2)14(12)19-15-18-13(10-17-20-15)16-8-9-21-3/h5-7,10H,4,8-9H2,1-3H3,(H2,16,18,19,20). The van der Waals surface area contributed by atoms with Crippen molar-refractivity contribution in [3.63, 3.8) is 0 Å². The number of methoxy groups -OCH3 is 1. The molecule has 0 bridgehead atoms. The van der Waals surface area contributed by atoms with E-state index in [4.69, 9.17) is 4.74 Å². The summed E-state index contributed by atoms with van der Waals surface area (Å²) in [4.78, 5) is 4.40. The SMILES string of the molecule is CCc1cccc(C)c1Nc1nncc(NCCOC)n1. The molecule has 0 aliphatic carbocycles. The van der Waals surface area contributed by atoms with Gasteiger partial charge in [-0.25, -0.2) is 0 Å². The molecule has 0 unspecified atom stereocenters. The lowest BCUT2D eigenvalue weighted by molar-refractivity contribution is 0.210. The number of nitrogens with one attached hydrogen (secondary N) is 2. The van der Waals surface area contributed by atoms with Crippen LogP contribution in [0.15, 0.2) is 24.4 Å². The van der Waals surface area contributed by atoms with Crippen LogP contribution >= 0.6 is 0 Å². The van der Waals surface area contributed by atoms with Gasteiger partial charge in [0.25, 0.3) is 0 Å². The van der Waals surface area contributed by atoms with Gasteiger partial charge in [-0.3, -0.25) is 0 Å². The molecule has 0 aliphatic heterocycles. The average molecular weight is 287 g/mol. The number of ether oxygens (including phenoxy) is 1. The van der Waals surface area contributed by atoms with E-state index >= 15 is 0 Å². The summed E-state index contributed by atoms with van der Waals surface area (Å²) < 4.78 is 4.99. The van der Waals surface area contributed by atoms with Crippen molar-refractivity contribution in [2.24, 2.45) is 0 Å². The van der Waals surface area contributed by atoms with Crippen LogP contribution in [0, 0.1) is 6.92 Å². The molecule has 0 fully saturated rings. The molecule has 0 radical (unpaired) electrons. The van der Waals surface area contributed by atoms with E-state index in [9.17, 15) is 0 Å². The summed E-state index contributed by atoms with van der Waals surface area (Å²) >= 11 is 0. The maximum absolute atomic E-state index is 4.99. The number of rotatable bonds is 7. The summed E-state index contributed by atoms with van der Waals surface area (Å²) in [6, 6.07) is 6.22. The van der Waals surface area contributed by atoms with Crippen LogP contribution in [0.25, 0.3) is 0 Å². The van der Waals surface area contributed by atoms with Crippen molar-refractivity contribution in [3.05, 3.63) is 35.5 Å². The Morgan fingerprint density at radius 3 is 2.90 bits per heavy atom. The Kier molecular flexibility index (Phi) is 5.45. The number of aryl methyl sites for hydroxylation is 2. The van der Waals surface area contributed by atoms with Gasteiger partial charge in [-0.15, -0.1) is 5.10 Å². The van der Waals surface area contributed by atoms with Gasteiger partial charge in [-0.05, 0) is 24.5 Å². The smallest absolute Gasteiger partial charge is 0.249 e. The van der Waals surface area contributed by atoms with Gasteiger partial charge in [0.2, 0.25) is 5.95 Å². The monoisotopic (exact) mass is 287 g/mol. The average Bonchev–Trinajstić information content (AvgIpc) is 2.50. The van der Waals surface area contributed by atoms with Crippen LogP contribution in [0.5, 0.6) is 0 Å². The highest BCUT2D eigenvalue weighted by Gasteiger charge is 2.07. The van der Waals surface area contributed by atoms with Crippen LogP contribution in [0.2, 0.25) is 0 Å². The van der Waals surface area contributed by atoms with Crippen LogP contribution in [-0.4, -0.2) is 35.4 Å². The highest BCUT2D eigenvalue weighted by Crippen LogP contribution is 2.23. The number of aromatic nitrogens is 3. The number of nitrogens with zero attached hydrogens (tertiary/aromatic N) is 3. The zero-order valence-electron chi connectivity index (χ0n) is 12.7. The minimum atomic E-state index is 0.487. The van der Waals surface area contributed by atoms with E-state index in [1.807, 2.05) is 0 Å². The summed E-state index contributed by atoms with van der Waals surface area (Å²) in [5.74, 6) is 1.16. The minimum absolute atomic E-state index is 0.487. The fourth-order valence-corrected chi connectivity index (χ4v) is 2.04. The molecule has 2 aromatic rings. The predicted molar refractivity (Wildman–Crippen MR) is 84.0 cm³/mol. The van der Waals surface area contributed by atoms with Crippen molar-refractivity contribution in [3.8, 4) is 0 Å². The van der Waals surface area contributed by atoms with E-state index < -0.39 is 0 Å². The molecule has 1 aromatic heterocycles. The zero-order valence-corrected chi connectivity index (χ0v) is 12.7. The third kappa shape index (κ3) is 4.13. The molecule has 0 amide bonds. The van der Waals surface area contributed by atoms with E-state index in [1.54, 1.807) is 13.3 Å². The van der Waals surface area contributed by atoms with Crippen molar-refractivity contribution in [1.82, 2.24) is 15.2 Å². The summed E-state index contributed by atoms with van der Waals surface area (Å²) in [6.45, 7) is 5.49.